The summed E-state index contributed by atoms with van der Waals surface area (Å²) in [6.07, 6.45) is 6.85. The van der Waals surface area contributed by atoms with Gasteiger partial charge in [0.05, 0.1) is 0 Å². The molecule has 0 bridgehead atoms. The van der Waals surface area contributed by atoms with Crippen LogP contribution in [0.3, 0.4) is 0 Å². The smallest absolute Gasteiger partial charge is 0.186 e. The first-order chi connectivity index (χ1) is 6.33. The highest BCUT2D eigenvalue weighted by Gasteiger charge is 2.23. The van der Waals surface area contributed by atoms with E-state index in [2.05, 4.69) is 25.9 Å². The van der Waals surface area contributed by atoms with Crippen molar-refractivity contribution in [3.05, 3.63) is 0 Å². The molecule has 0 rings (SSSR count). The lowest BCUT2D eigenvalue weighted by atomic mass is 10.1. The summed E-state index contributed by atoms with van der Waals surface area (Å²) in [5.41, 5.74) is -1.02. The molecule has 1 unspecified atom stereocenters. The molecule has 0 radical (unpaired) electrons. The summed E-state index contributed by atoms with van der Waals surface area (Å²) in [5.74, 6) is 2.35. The van der Waals surface area contributed by atoms with Crippen molar-refractivity contribution >= 4 is 8.32 Å². The summed E-state index contributed by atoms with van der Waals surface area (Å²) in [6.45, 7) is 8.76. The van der Waals surface area contributed by atoms with Gasteiger partial charge in [-0.1, -0.05) is 19.3 Å². The van der Waals surface area contributed by atoms with Gasteiger partial charge >= 0.3 is 0 Å². The highest BCUT2D eigenvalue weighted by molar-refractivity contribution is 6.71. The molecule has 14 heavy (non-hydrogen) atoms. The summed E-state index contributed by atoms with van der Waals surface area (Å²) in [6, 6.07) is 1.16. The fourth-order valence-electron chi connectivity index (χ4n) is 1.27. The third kappa shape index (κ3) is 6.20. The van der Waals surface area contributed by atoms with Crippen LogP contribution in [0.15, 0.2) is 0 Å². The molecule has 0 heterocycles. The van der Waals surface area contributed by atoms with Crippen LogP contribution in [0.4, 0.5) is 0 Å². The van der Waals surface area contributed by atoms with Crippen LogP contribution in [0.25, 0.3) is 0 Å². The maximum absolute atomic E-state index is 9.55. The van der Waals surface area contributed by atoms with Gasteiger partial charge in [0.2, 0.25) is 0 Å². The highest BCUT2D eigenvalue weighted by atomic mass is 28.4. The van der Waals surface area contributed by atoms with Crippen LogP contribution in [0.2, 0.25) is 19.1 Å². The zero-order valence-electron chi connectivity index (χ0n) is 9.76. The van der Waals surface area contributed by atoms with Gasteiger partial charge in [0.15, 0.2) is 8.32 Å². The van der Waals surface area contributed by atoms with Gasteiger partial charge in [0.1, 0.15) is 5.60 Å². The van der Waals surface area contributed by atoms with Crippen molar-refractivity contribution in [1.29, 1.82) is 0 Å². The summed E-state index contributed by atoms with van der Waals surface area (Å²) >= 11 is 0. The minimum atomic E-state index is -1.50. The average molecular weight is 214 g/mol. The first-order valence-electron chi connectivity index (χ1n) is 5.17. The van der Waals surface area contributed by atoms with Crippen LogP contribution in [-0.4, -0.2) is 25.6 Å². The molecule has 0 aromatic rings. The Morgan fingerprint density at radius 3 is 2.50 bits per heavy atom. The first-order valence-corrected chi connectivity index (χ1v) is 8.28. The second-order valence-corrected chi connectivity index (χ2v) is 8.83. The molecule has 3 heteroatoms. The molecular formula is C11H22O2Si. The van der Waals surface area contributed by atoms with E-state index in [9.17, 15) is 5.11 Å². The van der Waals surface area contributed by atoms with Crippen molar-refractivity contribution in [2.45, 2.75) is 51.4 Å². The van der Waals surface area contributed by atoms with E-state index in [1.165, 1.54) is 0 Å². The Bertz CT molecular complexity index is 204. The third-order valence-electron chi connectivity index (χ3n) is 2.24. The monoisotopic (exact) mass is 214 g/mol. The van der Waals surface area contributed by atoms with Crippen LogP contribution in [0.5, 0.6) is 0 Å². The van der Waals surface area contributed by atoms with Crippen molar-refractivity contribution in [1.82, 2.24) is 0 Å². The van der Waals surface area contributed by atoms with Crippen LogP contribution in [0, 0.1) is 12.3 Å². The second kappa shape index (κ2) is 5.55. The van der Waals surface area contributed by atoms with E-state index in [0.717, 1.165) is 12.5 Å². The lowest BCUT2D eigenvalue weighted by Crippen LogP contribution is -2.33. The molecule has 0 aliphatic carbocycles. The van der Waals surface area contributed by atoms with E-state index < -0.39 is 13.9 Å². The van der Waals surface area contributed by atoms with Gasteiger partial charge in [-0.15, -0.1) is 6.42 Å². The molecule has 0 spiro atoms. The number of hydrogen-bond donors (Lipinski definition) is 1. The lowest BCUT2D eigenvalue weighted by molar-refractivity contribution is 0.0911. The number of terminal acetylenes is 1. The molecule has 0 saturated heterocycles. The molecule has 0 aromatic heterocycles. The van der Waals surface area contributed by atoms with Crippen molar-refractivity contribution in [3.63, 3.8) is 0 Å². The van der Waals surface area contributed by atoms with Gasteiger partial charge in [0, 0.05) is 13.0 Å². The van der Waals surface area contributed by atoms with Crippen molar-refractivity contribution in [3.8, 4) is 12.3 Å². The Balaban J connectivity index is 3.80. The minimum Gasteiger partial charge on any atom is -0.417 e. The van der Waals surface area contributed by atoms with E-state index in [1.807, 2.05) is 0 Å². The van der Waals surface area contributed by atoms with E-state index in [4.69, 9.17) is 10.8 Å². The van der Waals surface area contributed by atoms with E-state index in [-0.39, 0.29) is 0 Å². The molecule has 0 saturated carbocycles. The predicted molar refractivity (Wildman–Crippen MR) is 62.6 cm³/mol. The topological polar surface area (TPSA) is 29.5 Å². The standard InChI is InChI=1S/C11H22O2Si/c1-6-10-14(4,5)13-9-8-11(3,12)7-2/h2,12H,6,8-10H2,1,3-5H3. The second-order valence-electron chi connectivity index (χ2n) is 4.53. The van der Waals surface area contributed by atoms with Crippen LogP contribution in [-0.2, 0) is 4.43 Å². The molecule has 0 fully saturated rings. The van der Waals surface area contributed by atoms with Gasteiger partial charge in [-0.05, 0) is 26.1 Å². The third-order valence-corrected chi connectivity index (χ3v) is 4.93. The summed E-state index contributed by atoms with van der Waals surface area (Å²) in [7, 11) is -1.50. The maximum Gasteiger partial charge on any atom is 0.186 e. The summed E-state index contributed by atoms with van der Waals surface area (Å²) < 4.78 is 5.79. The normalized spacial score (nSPS) is 16.0. The van der Waals surface area contributed by atoms with E-state index in [0.29, 0.717) is 13.0 Å². The Morgan fingerprint density at radius 1 is 1.50 bits per heavy atom. The molecule has 1 N–H and O–H groups in total. The summed E-state index contributed by atoms with van der Waals surface area (Å²) in [5, 5.41) is 9.55. The number of rotatable bonds is 6. The Kier molecular flexibility index (Phi) is 5.43. The number of hydrogen-bond acceptors (Lipinski definition) is 2. The van der Waals surface area contributed by atoms with E-state index in [1.54, 1.807) is 6.92 Å². The largest absolute Gasteiger partial charge is 0.417 e. The molecule has 0 aromatic carbocycles. The van der Waals surface area contributed by atoms with Crippen molar-refractivity contribution < 1.29 is 9.53 Å². The summed E-state index contributed by atoms with van der Waals surface area (Å²) in [4.78, 5) is 0. The lowest BCUT2D eigenvalue weighted by Gasteiger charge is -2.24. The predicted octanol–water partition coefficient (Wildman–Crippen LogP) is 2.39. The molecule has 82 valence electrons. The molecule has 2 nitrogen and oxygen atoms in total. The molecule has 1 atom stereocenters. The van der Waals surface area contributed by atoms with Crippen LogP contribution >= 0.6 is 0 Å². The maximum atomic E-state index is 9.55. The van der Waals surface area contributed by atoms with Gasteiger partial charge in [-0.2, -0.15) is 0 Å². The Morgan fingerprint density at radius 2 is 2.07 bits per heavy atom. The zero-order valence-corrected chi connectivity index (χ0v) is 10.8. The van der Waals surface area contributed by atoms with E-state index >= 15 is 0 Å². The van der Waals surface area contributed by atoms with Gasteiger partial charge in [-0.25, -0.2) is 0 Å². The van der Waals surface area contributed by atoms with Crippen LogP contribution in [0.1, 0.15) is 26.7 Å². The molecule has 0 amide bonds. The number of aliphatic hydroxyl groups is 1. The van der Waals surface area contributed by atoms with Gasteiger partial charge in [-0.3, -0.25) is 0 Å². The fraction of sp³-hybridized carbons (Fsp3) is 0.818. The van der Waals surface area contributed by atoms with Crippen LogP contribution < -0.4 is 0 Å². The van der Waals surface area contributed by atoms with Crippen molar-refractivity contribution in [2.24, 2.45) is 0 Å². The highest BCUT2D eigenvalue weighted by Crippen LogP contribution is 2.15. The quantitative estimate of drug-likeness (QED) is 0.543. The zero-order chi connectivity index (χ0) is 11.2. The molecule has 0 aliphatic heterocycles. The Labute approximate surface area is 88.8 Å². The Hall–Kier alpha value is -0.303. The SMILES string of the molecule is C#CC(C)(O)CCO[Si](C)(C)CCC. The van der Waals surface area contributed by atoms with Gasteiger partial charge < -0.3 is 9.53 Å². The molecule has 0 aliphatic rings. The average Bonchev–Trinajstić information content (AvgIpc) is 2.03. The van der Waals surface area contributed by atoms with Gasteiger partial charge in [0.25, 0.3) is 0 Å². The fourth-order valence-corrected chi connectivity index (χ4v) is 3.28. The first kappa shape index (κ1) is 13.7. The minimum absolute atomic E-state index is 0.518. The van der Waals surface area contributed by atoms with Crippen molar-refractivity contribution in [2.75, 3.05) is 6.61 Å². The molecular weight excluding hydrogens is 192 g/mol.